The summed E-state index contributed by atoms with van der Waals surface area (Å²) in [7, 11) is 0. The topological polar surface area (TPSA) is 53.2 Å². The van der Waals surface area contributed by atoms with Gasteiger partial charge in [0.25, 0.3) is 0 Å². The van der Waals surface area contributed by atoms with E-state index in [4.69, 9.17) is 0 Å². The molecule has 0 saturated carbocycles. The summed E-state index contributed by atoms with van der Waals surface area (Å²) in [5.41, 5.74) is 3.73. The molecule has 0 spiro atoms. The van der Waals surface area contributed by atoms with Crippen LogP contribution in [0.5, 0.6) is 0 Å². The Morgan fingerprint density at radius 1 is 0.680 bits per heavy atom. The first-order chi connectivity index (χ1) is 12.2. The number of amides is 2. The number of para-hydroxylation sites is 1. The Labute approximate surface area is 147 Å². The van der Waals surface area contributed by atoms with Crippen molar-refractivity contribution in [3.05, 3.63) is 90.5 Å². The number of urea groups is 1. The number of anilines is 3. The summed E-state index contributed by atoms with van der Waals surface area (Å²) in [5.74, 6) is 0. The number of nitrogens with one attached hydrogen (secondary N) is 3. The van der Waals surface area contributed by atoms with E-state index >= 15 is 0 Å². The van der Waals surface area contributed by atoms with Gasteiger partial charge in [-0.05, 0) is 48.9 Å². The number of benzene rings is 3. The van der Waals surface area contributed by atoms with E-state index < -0.39 is 0 Å². The van der Waals surface area contributed by atoms with Crippen molar-refractivity contribution in [1.82, 2.24) is 0 Å². The molecular formula is C21H21N3O. The van der Waals surface area contributed by atoms with Crippen LogP contribution in [0.3, 0.4) is 0 Å². The second kappa shape index (κ2) is 8.02. The Bertz CT molecular complexity index is 802. The summed E-state index contributed by atoms with van der Waals surface area (Å²) >= 11 is 0. The summed E-state index contributed by atoms with van der Waals surface area (Å²) < 4.78 is 0. The fraction of sp³-hybridized carbons (Fsp3) is 0.0952. The van der Waals surface area contributed by atoms with Gasteiger partial charge in [0.15, 0.2) is 0 Å². The summed E-state index contributed by atoms with van der Waals surface area (Å²) in [6, 6.07) is 27.3. The predicted octanol–water partition coefficient (Wildman–Crippen LogP) is 5.50. The van der Waals surface area contributed by atoms with Crippen LogP contribution < -0.4 is 16.0 Å². The molecule has 4 heteroatoms. The van der Waals surface area contributed by atoms with Crippen molar-refractivity contribution >= 4 is 23.1 Å². The molecule has 3 aromatic carbocycles. The van der Waals surface area contributed by atoms with Crippen LogP contribution in [0.2, 0.25) is 0 Å². The molecule has 126 valence electrons. The molecule has 1 atom stereocenters. The second-order valence-corrected chi connectivity index (χ2v) is 5.80. The monoisotopic (exact) mass is 331 g/mol. The summed E-state index contributed by atoms with van der Waals surface area (Å²) in [6.45, 7) is 2.12. The third-order valence-electron chi connectivity index (χ3n) is 3.86. The fourth-order valence-corrected chi connectivity index (χ4v) is 2.54. The Kier molecular flexibility index (Phi) is 5.32. The van der Waals surface area contributed by atoms with Gasteiger partial charge in [0, 0.05) is 23.1 Å². The minimum absolute atomic E-state index is 0.210. The molecule has 0 bridgehead atoms. The lowest BCUT2D eigenvalue weighted by atomic mass is 10.1. The van der Waals surface area contributed by atoms with Gasteiger partial charge in [-0.2, -0.15) is 0 Å². The smallest absolute Gasteiger partial charge is 0.323 e. The van der Waals surface area contributed by atoms with Gasteiger partial charge < -0.3 is 16.0 Å². The van der Waals surface area contributed by atoms with Crippen LogP contribution in [0.4, 0.5) is 21.9 Å². The van der Waals surface area contributed by atoms with Gasteiger partial charge in [-0.15, -0.1) is 0 Å². The molecule has 1 unspecified atom stereocenters. The maximum Gasteiger partial charge on any atom is 0.323 e. The SMILES string of the molecule is CC(Nc1ccc(NC(=O)Nc2ccccc2)cc1)c1ccccc1. The molecule has 3 aromatic rings. The van der Waals surface area contributed by atoms with Gasteiger partial charge in [-0.25, -0.2) is 4.79 Å². The fourth-order valence-electron chi connectivity index (χ4n) is 2.54. The third-order valence-corrected chi connectivity index (χ3v) is 3.86. The van der Waals surface area contributed by atoms with E-state index in [9.17, 15) is 4.79 Å². The zero-order chi connectivity index (χ0) is 17.5. The summed E-state index contributed by atoms with van der Waals surface area (Å²) in [4.78, 5) is 12.0. The van der Waals surface area contributed by atoms with Crippen LogP contribution in [0.1, 0.15) is 18.5 Å². The minimum atomic E-state index is -0.260. The highest BCUT2D eigenvalue weighted by Crippen LogP contribution is 2.20. The van der Waals surface area contributed by atoms with Gasteiger partial charge >= 0.3 is 6.03 Å². The van der Waals surface area contributed by atoms with E-state index in [-0.39, 0.29) is 12.1 Å². The zero-order valence-electron chi connectivity index (χ0n) is 14.1. The largest absolute Gasteiger partial charge is 0.379 e. The Morgan fingerprint density at radius 3 is 1.76 bits per heavy atom. The quantitative estimate of drug-likeness (QED) is 0.578. The lowest BCUT2D eigenvalue weighted by Crippen LogP contribution is -2.19. The molecule has 0 saturated heterocycles. The molecule has 0 aliphatic heterocycles. The van der Waals surface area contributed by atoms with Gasteiger partial charge in [-0.3, -0.25) is 0 Å². The van der Waals surface area contributed by atoms with E-state index in [1.807, 2.05) is 72.8 Å². The Balaban J connectivity index is 1.56. The average Bonchev–Trinajstić information content (AvgIpc) is 2.65. The first-order valence-electron chi connectivity index (χ1n) is 8.25. The Hall–Kier alpha value is -3.27. The van der Waals surface area contributed by atoms with Crippen molar-refractivity contribution in [3.8, 4) is 0 Å². The van der Waals surface area contributed by atoms with Gasteiger partial charge in [0.05, 0.1) is 0 Å². The molecule has 0 fully saturated rings. The highest BCUT2D eigenvalue weighted by molar-refractivity contribution is 5.99. The molecular weight excluding hydrogens is 310 g/mol. The van der Waals surface area contributed by atoms with Crippen molar-refractivity contribution in [2.24, 2.45) is 0 Å². The number of hydrogen-bond donors (Lipinski definition) is 3. The molecule has 2 amide bonds. The first kappa shape index (κ1) is 16.6. The highest BCUT2D eigenvalue weighted by Gasteiger charge is 2.05. The number of hydrogen-bond acceptors (Lipinski definition) is 2. The molecule has 3 rings (SSSR count). The molecule has 0 aliphatic rings. The predicted molar refractivity (Wildman–Crippen MR) is 104 cm³/mol. The van der Waals surface area contributed by atoms with Crippen molar-refractivity contribution in [1.29, 1.82) is 0 Å². The van der Waals surface area contributed by atoms with E-state index in [1.54, 1.807) is 0 Å². The molecule has 4 nitrogen and oxygen atoms in total. The van der Waals surface area contributed by atoms with Crippen molar-refractivity contribution in [2.75, 3.05) is 16.0 Å². The summed E-state index contributed by atoms with van der Waals surface area (Å²) in [5, 5.41) is 9.07. The van der Waals surface area contributed by atoms with Crippen LogP contribution in [0, 0.1) is 0 Å². The van der Waals surface area contributed by atoms with Crippen LogP contribution in [-0.2, 0) is 0 Å². The van der Waals surface area contributed by atoms with Crippen LogP contribution in [0.15, 0.2) is 84.9 Å². The minimum Gasteiger partial charge on any atom is -0.379 e. The van der Waals surface area contributed by atoms with Gasteiger partial charge in [0.2, 0.25) is 0 Å². The van der Waals surface area contributed by atoms with Crippen LogP contribution in [0.25, 0.3) is 0 Å². The third kappa shape index (κ3) is 4.85. The van der Waals surface area contributed by atoms with Crippen LogP contribution in [-0.4, -0.2) is 6.03 Å². The standard InChI is InChI=1S/C21H21N3O/c1-16(17-8-4-2-5-9-17)22-19-12-14-20(15-13-19)24-21(25)23-18-10-6-3-7-11-18/h2-16,22H,1H3,(H2,23,24,25). The molecule has 3 N–H and O–H groups in total. The highest BCUT2D eigenvalue weighted by atomic mass is 16.2. The molecule has 0 aromatic heterocycles. The van der Waals surface area contributed by atoms with Crippen molar-refractivity contribution in [3.63, 3.8) is 0 Å². The van der Waals surface area contributed by atoms with Gasteiger partial charge in [-0.1, -0.05) is 48.5 Å². The molecule has 0 radical (unpaired) electrons. The average molecular weight is 331 g/mol. The van der Waals surface area contributed by atoms with Crippen LogP contribution >= 0.6 is 0 Å². The van der Waals surface area contributed by atoms with E-state index in [2.05, 4.69) is 35.0 Å². The molecule has 0 heterocycles. The van der Waals surface area contributed by atoms with Gasteiger partial charge in [0.1, 0.15) is 0 Å². The molecule has 25 heavy (non-hydrogen) atoms. The van der Waals surface area contributed by atoms with E-state index in [0.717, 1.165) is 17.1 Å². The maximum absolute atomic E-state index is 12.0. The maximum atomic E-state index is 12.0. The first-order valence-corrected chi connectivity index (χ1v) is 8.25. The molecule has 0 aliphatic carbocycles. The number of carbonyl (C=O) groups is 1. The normalized spacial score (nSPS) is 11.4. The van der Waals surface area contributed by atoms with E-state index in [1.165, 1.54) is 5.56 Å². The lowest BCUT2D eigenvalue weighted by Gasteiger charge is -2.16. The van der Waals surface area contributed by atoms with E-state index in [0.29, 0.717) is 0 Å². The number of rotatable bonds is 5. The van der Waals surface area contributed by atoms with Crippen molar-refractivity contribution < 1.29 is 4.79 Å². The summed E-state index contributed by atoms with van der Waals surface area (Å²) in [6.07, 6.45) is 0. The Morgan fingerprint density at radius 2 is 1.16 bits per heavy atom. The lowest BCUT2D eigenvalue weighted by molar-refractivity contribution is 0.262. The second-order valence-electron chi connectivity index (χ2n) is 5.80. The number of carbonyl (C=O) groups excluding carboxylic acids is 1. The zero-order valence-corrected chi connectivity index (χ0v) is 14.1. The van der Waals surface area contributed by atoms with Crippen molar-refractivity contribution in [2.45, 2.75) is 13.0 Å².